The molecule has 0 spiro atoms. The highest BCUT2D eigenvalue weighted by Crippen LogP contribution is 2.21. The molecule has 0 aromatic carbocycles. The molecule has 0 saturated carbocycles. The van der Waals surface area contributed by atoms with Gasteiger partial charge in [-0.2, -0.15) is 0 Å². The Balaban J connectivity index is 2.41. The molecular weight excluding hydrogens is 285 g/mol. The molecule has 0 fully saturated rings. The number of halogens is 2. The van der Waals surface area contributed by atoms with E-state index in [9.17, 15) is 8.42 Å². The van der Waals surface area contributed by atoms with Gasteiger partial charge in [0.15, 0.2) is 0 Å². The molecule has 17 heavy (non-hydrogen) atoms. The topological polar surface area (TPSA) is 71.1 Å². The summed E-state index contributed by atoms with van der Waals surface area (Å²) in [7, 11) is -3.16. The summed E-state index contributed by atoms with van der Waals surface area (Å²) >= 11 is 11.6. The normalized spacial score (nSPS) is 11.5. The molecule has 0 bridgehead atoms. The van der Waals surface area contributed by atoms with Crippen LogP contribution in [0.5, 0.6) is 0 Å². The summed E-state index contributed by atoms with van der Waals surface area (Å²) < 4.78 is 24.7. The van der Waals surface area contributed by atoms with Crippen LogP contribution in [-0.4, -0.2) is 32.2 Å². The smallest absolute Gasteiger partial charge is 0.211 e. The molecule has 0 saturated heterocycles. The molecule has 96 valence electrons. The van der Waals surface area contributed by atoms with Crippen LogP contribution < -0.4 is 10.0 Å². The van der Waals surface area contributed by atoms with Gasteiger partial charge in [0.1, 0.15) is 5.82 Å². The summed E-state index contributed by atoms with van der Waals surface area (Å²) in [5.74, 6) is 0.541. The van der Waals surface area contributed by atoms with Gasteiger partial charge < -0.3 is 5.32 Å². The lowest BCUT2D eigenvalue weighted by Crippen LogP contribution is -2.30. The van der Waals surface area contributed by atoms with E-state index in [2.05, 4.69) is 15.0 Å². The molecule has 2 N–H and O–H groups in total. The third-order valence-electron chi connectivity index (χ3n) is 1.93. The first-order valence-electron chi connectivity index (χ1n) is 4.97. The second-order valence-electron chi connectivity index (χ2n) is 3.21. The van der Waals surface area contributed by atoms with Crippen molar-refractivity contribution in [2.75, 3.05) is 24.2 Å². The van der Waals surface area contributed by atoms with Gasteiger partial charge in [-0.05, 0) is 13.0 Å². The number of nitrogens with zero attached hydrogens (tertiary/aromatic N) is 1. The first-order chi connectivity index (χ1) is 7.94. The Kier molecular flexibility index (Phi) is 5.45. The fourth-order valence-electron chi connectivity index (χ4n) is 1.03. The van der Waals surface area contributed by atoms with Crippen LogP contribution in [0.15, 0.2) is 12.3 Å². The zero-order chi connectivity index (χ0) is 12.9. The minimum absolute atomic E-state index is 0.0625. The minimum atomic E-state index is -3.16. The predicted octanol–water partition coefficient (Wildman–Crippen LogP) is 1.74. The second-order valence-corrected chi connectivity index (χ2v) is 6.15. The lowest BCUT2D eigenvalue weighted by Gasteiger charge is -2.08. The van der Waals surface area contributed by atoms with Crippen molar-refractivity contribution in [1.82, 2.24) is 9.71 Å². The molecule has 0 aliphatic rings. The fraction of sp³-hybridized carbons (Fsp3) is 0.444. The Morgan fingerprint density at radius 2 is 2.06 bits per heavy atom. The van der Waals surface area contributed by atoms with E-state index in [-0.39, 0.29) is 12.3 Å². The number of rotatable bonds is 6. The summed E-state index contributed by atoms with van der Waals surface area (Å²) in [6.07, 6.45) is 1.46. The molecule has 0 atom stereocenters. The standard InChI is InChI=1S/C9H13Cl2N3O2S/c1-2-17(15,16)14-4-3-12-9-8(11)5-7(10)6-13-9/h5-6,14H,2-4H2,1H3,(H,12,13). The predicted molar refractivity (Wildman–Crippen MR) is 70.2 cm³/mol. The lowest BCUT2D eigenvalue weighted by molar-refractivity contribution is 0.584. The summed E-state index contributed by atoms with van der Waals surface area (Å²) in [5.41, 5.74) is 0. The number of pyridine rings is 1. The monoisotopic (exact) mass is 297 g/mol. The maximum Gasteiger partial charge on any atom is 0.211 e. The van der Waals surface area contributed by atoms with Gasteiger partial charge in [0.05, 0.1) is 15.8 Å². The SMILES string of the molecule is CCS(=O)(=O)NCCNc1ncc(Cl)cc1Cl. The van der Waals surface area contributed by atoms with E-state index in [1.54, 1.807) is 13.0 Å². The quantitative estimate of drug-likeness (QED) is 0.785. The molecule has 1 aromatic rings. The summed E-state index contributed by atoms with van der Waals surface area (Å²) in [6.45, 7) is 2.25. The van der Waals surface area contributed by atoms with Gasteiger partial charge in [-0.15, -0.1) is 0 Å². The molecule has 8 heteroatoms. The summed E-state index contributed by atoms with van der Waals surface area (Å²) in [5, 5.41) is 3.76. The van der Waals surface area contributed by atoms with E-state index in [1.807, 2.05) is 0 Å². The van der Waals surface area contributed by atoms with Gasteiger partial charge in [0.25, 0.3) is 0 Å². The van der Waals surface area contributed by atoms with Crippen molar-refractivity contribution < 1.29 is 8.42 Å². The van der Waals surface area contributed by atoms with Gasteiger partial charge in [-0.1, -0.05) is 23.2 Å². The van der Waals surface area contributed by atoms with E-state index >= 15 is 0 Å². The van der Waals surface area contributed by atoms with Crippen molar-refractivity contribution in [3.63, 3.8) is 0 Å². The number of aromatic nitrogens is 1. The van der Waals surface area contributed by atoms with E-state index in [0.29, 0.717) is 22.4 Å². The first kappa shape index (κ1) is 14.5. The number of hydrogen-bond donors (Lipinski definition) is 2. The third-order valence-corrected chi connectivity index (χ3v) is 3.83. The molecule has 0 unspecified atom stereocenters. The van der Waals surface area contributed by atoms with Gasteiger partial charge >= 0.3 is 0 Å². The Labute approximate surface area is 111 Å². The van der Waals surface area contributed by atoms with Crippen LogP contribution in [0.1, 0.15) is 6.92 Å². The first-order valence-corrected chi connectivity index (χ1v) is 7.37. The highest BCUT2D eigenvalue weighted by Gasteiger charge is 2.05. The fourth-order valence-corrected chi connectivity index (χ4v) is 2.10. The zero-order valence-electron chi connectivity index (χ0n) is 9.20. The van der Waals surface area contributed by atoms with Crippen molar-refractivity contribution in [2.45, 2.75) is 6.92 Å². The number of anilines is 1. The average molecular weight is 298 g/mol. The highest BCUT2D eigenvalue weighted by atomic mass is 35.5. The van der Waals surface area contributed by atoms with Gasteiger partial charge in [0, 0.05) is 19.3 Å². The maximum absolute atomic E-state index is 11.1. The van der Waals surface area contributed by atoms with Crippen LogP contribution in [0.3, 0.4) is 0 Å². The summed E-state index contributed by atoms with van der Waals surface area (Å²) in [4.78, 5) is 3.98. The molecule has 1 rings (SSSR count). The molecule has 0 amide bonds. The Morgan fingerprint density at radius 1 is 1.35 bits per heavy atom. The van der Waals surface area contributed by atoms with Crippen LogP contribution in [0.2, 0.25) is 10.0 Å². The van der Waals surface area contributed by atoms with Crippen LogP contribution in [0.4, 0.5) is 5.82 Å². The molecule has 0 radical (unpaired) electrons. The van der Waals surface area contributed by atoms with E-state index in [0.717, 1.165) is 0 Å². The third kappa shape index (κ3) is 5.08. The average Bonchev–Trinajstić information content (AvgIpc) is 2.27. The second kappa shape index (κ2) is 6.39. The highest BCUT2D eigenvalue weighted by molar-refractivity contribution is 7.89. The van der Waals surface area contributed by atoms with Crippen LogP contribution in [0.25, 0.3) is 0 Å². The molecular formula is C9H13Cl2N3O2S. The molecule has 1 heterocycles. The molecule has 5 nitrogen and oxygen atoms in total. The Hall–Kier alpha value is -0.560. The number of nitrogens with one attached hydrogen (secondary N) is 2. The van der Waals surface area contributed by atoms with E-state index < -0.39 is 10.0 Å². The maximum atomic E-state index is 11.1. The van der Waals surface area contributed by atoms with Gasteiger partial charge in [-0.25, -0.2) is 18.1 Å². The van der Waals surface area contributed by atoms with Crippen LogP contribution >= 0.6 is 23.2 Å². The number of hydrogen-bond acceptors (Lipinski definition) is 4. The Morgan fingerprint density at radius 3 is 2.65 bits per heavy atom. The molecule has 1 aromatic heterocycles. The van der Waals surface area contributed by atoms with Crippen molar-refractivity contribution in [3.05, 3.63) is 22.3 Å². The summed E-state index contributed by atoms with van der Waals surface area (Å²) in [6, 6.07) is 1.56. The van der Waals surface area contributed by atoms with Gasteiger partial charge in [-0.3, -0.25) is 0 Å². The van der Waals surface area contributed by atoms with E-state index in [1.165, 1.54) is 6.20 Å². The zero-order valence-corrected chi connectivity index (χ0v) is 11.5. The largest absolute Gasteiger partial charge is 0.368 e. The van der Waals surface area contributed by atoms with Crippen LogP contribution in [-0.2, 0) is 10.0 Å². The van der Waals surface area contributed by atoms with Gasteiger partial charge in [0.2, 0.25) is 10.0 Å². The van der Waals surface area contributed by atoms with E-state index in [4.69, 9.17) is 23.2 Å². The minimum Gasteiger partial charge on any atom is -0.368 e. The van der Waals surface area contributed by atoms with Crippen molar-refractivity contribution in [2.24, 2.45) is 0 Å². The molecule has 0 aliphatic carbocycles. The Bertz CT molecular complexity index is 479. The van der Waals surface area contributed by atoms with Crippen molar-refractivity contribution >= 4 is 39.0 Å². The lowest BCUT2D eigenvalue weighted by atomic mass is 10.4. The number of sulfonamides is 1. The van der Waals surface area contributed by atoms with Crippen molar-refractivity contribution in [1.29, 1.82) is 0 Å². The van der Waals surface area contributed by atoms with Crippen LogP contribution in [0, 0.1) is 0 Å². The van der Waals surface area contributed by atoms with Crippen molar-refractivity contribution in [3.8, 4) is 0 Å². The molecule has 0 aliphatic heterocycles.